The number of benzene rings is 1. The third-order valence-electron chi connectivity index (χ3n) is 2.15. The fourth-order valence-electron chi connectivity index (χ4n) is 1.37. The molecule has 0 saturated carbocycles. The van der Waals surface area contributed by atoms with E-state index in [2.05, 4.69) is 5.32 Å². The highest BCUT2D eigenvalue weighted by atomic mass is 32.2. The van der Waals surface area contributed by atoms with E-state index in [0.717, 1.165) is 6.26 Å². The van der Waals surface area contributed by atoms with Crippen molar-refractivity contribution in [1.82, 2.24) is 5.32 Å². The molecule has 0 aliphatic carbocycles. The number of nitrogens with one attached hydrogen (secondary N) is 1. The molecule has 1 unspecified atom stereocenters. The van der Waals surface area contributed by atoms with Gasteiger partial charge in [0.05, 0.1) is 6.10 Å². The fraction of sp³-hybridized carbons (Fsp3) is 0.400. The summed E-state index contributed by atoms with van der Waals surface area (Å²) < 4.78 is 36.3. The Balaban J connectivity index is 3.24. The van der Waals surface area contributed by atoms with Crippen molar-refractivity contribution in [3.8, 4) is 0 Å². The summed E-state index contributed by atoms with van der Waals surface area (Å²) in [4.78, 5) is -0.389. The molecule has 0 fully saturated rings. The van der Waals surface area contributed by atoms with Crippen molar-refractivity contribution < 1.29 is 17.9 Å². The van der Waals surface area contributed by atoms with Crippen molar-refractivity contribution in [2.75, 3.05) is 19.8 Å². The van der Waals surface area contributed by atoms with Crippen molar-refractivity contribution in [3.05, 3.63) is 29.6 Å². The van der Waals surface area contributed by atoms with Gasteiger partial charge in [-0.1, -0.05) is 12.1 Å². The normalized spacial score (nSPS) is 13.8. The quantitative estimate of drug-likeness (QED) is 0.812. The first-order chi connectivity index (χ1) is 7.38. The van der Waals surface area contributed by atoms with Crippen molar-refractivity contribution in [2.24, 2.45) is 0 Å². The first-order valence-electron chi connectivity index (χ1n) is 4.69. The standard InChI is InChI=1S/C10H14FNO3S/c1-12-6-8(13)7-4-3-5-9(10(7)11)16(2,14)15/h3-5,8,12-13H,6H2,1-2H3. The highest BCUT2D eigenvalue weighted by Gasteiger charge is 2.20. The molecule has 1 aromatic carbocycles. The van der Waals surface area contributed by atoms with Crippen LogP contribution in [0.1, 0.15) is 11.7 Å². The number of hydrogen-bond acceptors (Lipinski definition) is 4. The second-order valence-corrected chi connectivity index (χ2v) is 5.49. The van der Waals surface area contributed by atoms with Gasteiger partial charge < -0.3 is 10.4 Å². The zero-order valence-corrected chi connectivity index (χ0v) is 9.88. The lowest BCUT2D eigenvalue weighted by Crippen LogP contribution is -2.18. The predicted octanol–water partition coefficient (Wildman–Crippen LogP) is 0.482. The molecular formula is C10H14FNO3S. The monoisotopic (exact) mass is 247 g/mol. The van der Waals surface area contributed by atoms with E-state index in [0.29, 0.717) is 0 Å². The Morgan fingerprint density at radius 1 is 1.50 bits per heavy atom. The summed E-state index contributed by atoms with van der Waals surface area (Å²) in [5, 5.41) is 12.3. The Bertz CT molecular complexity index is 473. The van der Waals surface area contributed by atoms with Gasteiger partial charge in [0.2, 0.25) is 0 Å². The smallest absolute Gasteiger partial charge is 0.178 e. The van der Waals surface area contributed by atoms with Crippen LogP contribution in [0.5, 0.6) is 0 Å². The largest absolute Gasteiger partial charge is 0.387 e. The van der Waals surface area contributed by atoms with Crippen LogP contribution < -0.4 is 5.32 Å². The van der Waals surface area contributed by atoms with Gasteiger partial charge in [-0.2, -0.15) is 0 Å². The van der Waals surface area contributed by atoms with Gasteiger partial charge in [0.1, 0.15) is 10.7 Å². The van der Waals surface area contributed by atoms with Crippen LogP contribution in [0, 0.1) is 5.82 Å². The van der Waals surface area contributed by atoms with Crippen LogP contribution in [0.3, 0.4) is 0 Å². The van der Waals surface area contributed by atoms with Crippen LogP contribution in [0.4, 0.5) is 4.39 Å². The summed E-state index contributed by atoms with van der Waals surface area (Å²) in [7, 11) is -2.00. The Morgan fingerprint density at radius 3 is 2.62 bits per heavy atom. The Hall–Kier alpha value is -0.980. The van der Waals surface area contributed by atoms with Gasteiger partial charge in [0, 0.05) is 18.4 Å². The Morgan fingerprint density at radius 2 is 2.12 bits per heavy atom. The van der Waals surface area contributed by atoms with Gasteiger partial charge in [0.15, 0.2) is 9.84 Å². The SMILES string of the molecule is CNCC(O)c1cccc(S(C)(=O)=O)c1F. The number of aliphatic hydroxyl groups excluding tert-OH is 1. The second-order valence-electron chi connectivity index (χ2n) is 3.50. The topological polar surface area (TPSA) is 66.4 Å². The lowest BCUT2D eigenvalue weighted by Gasteiger charge is -2.12. The minimum Gasteiger partial charge on any atom is -0.387 e. The molecule has 1 atom stereocenters. The number of likely N-dealkylation sites (N-methyl/N-ethyl adjacent to an activating group) is 1. The summed E-state index contributed by atoms with van der Waals surface area (Å²) in [5.74, 6) is -0.882. The number of rotatable bonds is 4. The van der Waals surface area contributed by atoms with E-state index in [1.807, 2.05) is 0 Å². The molecule has 0 aromatic heterocycles. The minimum absolute atomic E-state index is 0.0164. The van der Waals surface area contributed by atoms with E-state index >= 15 is 0 Å². The van der Waals surface area contributed by atoms with Crippen molar-refractivity contribution >= 4 is 9.84 Å². The molecule has 1 rings (SSSR count). The van der Waals surface area contributed by atoms with Gasteiger partial charge in [-0.15, -0.1) is 0 Å². The predicted molar refractivity (Wildman–Crippen MR) is 58.4 cm³/mol. The Labute approximate surface area is 94.0 Å². The molecule has 0 aliphatic rings. The van der Waals surface area contributed by atoms with E-state index in [1.165, 1.54) is 18.2 Å². The zero-order chi connectivity index (χ0) is 12.3. The van der Waals surface area contributed by atoms with Gasteiger partial charge >= 0.3 is 0 Å². The summed E-state index contributed by atoms with van der Waals surface area (Å²) in [6.07, 6.45) is -0.133. The molecule has 2 N–H and O–H groups in total. The molecule has 16 heavy (non-hydrogen) atoms. The van der Waals surface area contributed by atoms with Crippen LogP contribution >= 0.6 is 0 Å². The summed E-state index contributed by atoms with van der Waals surface area (Å²) in [6, 6.07) is 3.96. The molecular weight excluding hydrogens is 233 g/mol. The van der Waals surface area contributed by atoms with Gasteiger partial charge in [-0.3, -0.25) is 0 Å². The van der Waals surface area contributed by atoms with Crippen molar-refractivity contribution in [1.29, 1.82) is 0 Å². The third-order valence-corrected chi connectivity index (χ3v) is 3.26. The molecule has 6 heteroatoms. The molecule has 0 radical (unpaired) electrons. The van der Waals surface area contributed by atoms with Gasteiger partial charge in [-0.25, -0.2) is 12.8 Å². The molecule has 4 nitrogen and oxygen atoms in total. The highest BCUT2D eigenvalue weighted by molar-refractivity contribution is 7.90. The molecule has 0 bridgehead atoms. The number of hydrogen-bond donors (Lipinski definition) is 2. The average Bonchev–Trinajstić information content (AvgIpc) is 2.16. The Kier molecular flexibility index (Phi) is 4.01. The first kappa shape index (κ1) is 13.1. The molecule has 90 valence electrons. The molecule has 0 saturated heterocycles. The van der Waals surface area contributed by atoms with Gasteiger partial charge in [0.25, 0.3) is 0 Å². The highest BCUT2D eigenvalue weighted by Crippen LogP contribution is 2.22. The summed E-state index contributed by atoms with van der Waals surface area (Å²) in [5.41, 5.74) is -0.0164. The first-order valence-corrected chi connectivity index (χ1v) is 6.58. The molecule has 0 amide bonds. The summed E-state index contributed by atoms with van der Waals surface area (Å²) in [6.45, 7) is 0.157. The maximum Gasteiger partial charge on any atom is 0.178 e. The van der Waals surface area contributed by atoms with E-state index in [4.69, 9.17) is 0 Å². The third kappa shape index (κ3) is 2.78. The molecule has 0 aliphatic heterocycles. The maximum atomic E-state index is 13.8. The lowest BCUT2D eigenvalue weighted by atomic mass is 10.1. The molecule has 0 spiro atoms. The van der Waals surface area contributed by atoms with Crippen LogP contribution in [0.25, 0.3) is 0 Å². The van der Waals surface area contributed by atoms with E-state index in [9.17, 15) is 17.9 Å². The summed E-state index contributed by atoms with van der Waals surface area (Å²) >= 11 is 0. The number of halogens is 1. The molecule has 1 aromatic rings. The second kappa shape index (κ2) is 4.90. The van der Waals surface area contributed by atoms with Crippen LogP contribution in [-0.2, 0) is 9.84 Å². The van der Waals surface area contributed by atoms with E-state index < -0.39 is 21.8 Å². The molecule has 0 heterocycles. The maximum absolute atomic E-state index is 13.8. The van der Waals surface area contributed by atoms with Crippen molar-refractivity contribution in [3.63, 3.8) is 0 Å². The number of sulfone groups is 1. The van der Waals surface area contributed by atoms with E-state index in [-0.39, 0.29) is 17.0 Å². The minimum atomic E-state index is -3.61. The van der Waals surface area contributed by atoms with Crippen LogP contribution in [0.2, 0.25) is 0 Å². The fourth-order valence-corrected chi connectivity index (χ4v) is 2.14. The zero-order valence-electron chi connectivity index (χ0n) is 9.07. The number of aliphatic hydroxyl groups is 1. The van der Waals surface area contributed by atoms with Crippen LogP contribution in [-0.4, -0.2) is 33.4 Å². The van der Waals surface area contributed by atoms with Crippen LogP contribution in [0.15, 0.2) is 23.1 Å². The van der Waals surface area contributed by atoms with Crippen molar-refractivity contribution in [2.45, 2.75) is 11.0 Å². The van der Waals surface area contributed by atoms with E-state index in [1.54, 1.807) is 7.05 Å². The average molecular weight is 247 g/mol. The lowest BCUT2D eigenvalue weighted by molar-refractivity contribution is 0.172. The van der Waals surface area contributed by atoms with Gasteiger partial charge in [-0.05, 0) is 13.1 Å².